The van der Waals surface area contributed by atoms with Crippen LogP contribution in [0.5, 0.6) is 0 Å². The summed E-state index contributed by atoms with van der Waals surface area (Å²) in [5.41, 5.74) is 2.08. The Kier molecular flexibility index (Phi) is 5.83. The van der Waals surface area contributed by atoms with E-state index in [4.69, 9.17) is 11.6 Å². The maximum absolute atomic E-state index is 12.6. The van der Waals surface area contributed by atoms with Crippen LogP contribution >= 0.6 is 11.6 Å². The molecule has 0 aromatic heterocycles. The Labute approximate surface area is 121 Å². The molecule has 0 saturated heterocycles. The highest BCUT2D eigenvalue weighted by Crippen LogP contribution is 2.21. The summed E-state index contributed by atoms with van der Waals surface area (Å²) in [5, 5.41) is 0. The molecule has 0 bridgehead atoms. The average Bonchev–Trinajstić information content (AvgIpc) is 2.32. The molecule has 0 aliphatic carbocycles. The number of rotatable bonds is 6. The zero-order chi connectivity index (χ0) is 14.6. The first kappa shape index (κ1) is 16.5. The summed E-state index contributed by atoms with van der Waals surface area (Å²) in [6.45, 7) is 8.11. The van der Waals surface area contributed by atoms with Crippen LogP contribution in [0, 0.1) is 13.8 Å². The van der Waals surface area contributed by atoms with Crippen LogP contribution < -0.4 is 0 Å². The molecule has 1 aromatic rings. The van der Waals surface area contributed by atoms with Gasteiger partial charge in [-0.1, -0.05) is 6.07 Å². The van der Waals surface area contributed by atoms with Gasteiger partial charge in [-0.3, -0.25) is 0 Å². The molecule has 19 heavy (non-hydrogen) atoms. The number of sulfonamides is 1. The van der Waals surface area contributed by atoms with Crippen LogP contribution in [0.25, 0.3) is 0 Å². The predicted molar refractivity (Wildman–Crippen MR) is 80.3 cm³/mol. The number of alkyl halides is 1. The first-order valence-electron chi connectivity index (χ1n) is 6.45. The smallest absolute Gasteiger partial charge is 0.207 e. The van der Waals surface area contributed by atoms with Crippen molar-refractivity contribution in [2.24, 2.45) is 0 Å². The zero-order valence-electron chi connectivity index (χ0n) is 12.0. The standard InChI is InChI=1S/C14H22ClNO2S/c1-11(2)16(9-5-8-15)19(17,18)14-7-6-12(3)13(4)10-14/h6-7,10-11H,5,8-9H2,1-4H3. The second kappa shape index (κ2) is 6.73. The predicted octanol–water partition coefficient (Wildman–Crippen LogP) is 3.33. The van der Waals surface area contributed by atoms with Crippen molar-refractivity contribution < 1.29 is 8.42 Å². The second-order valence-corrected chi connectivity index (χ2v) is 7.27. The molecule has 0 spiro atoms. The van der Waals surface area contributed by atoms with E-state index in [0.717, 1.165) is 11.1 Å². The Hall–Kier alpha value is -0.580. The van der Waals surface area contributed by atoms with Gasteiger partial charge < -0.3 is 0 Å². The lowest BCUT2D eigenvalue weighted by Crippen LogP contribution is -2.37. The van der Waals surface area contributed by atoms with Gasteiger partial charge in [-0.25, -0.2) is 8.42 Å². The van der Waals surface area contributed by atoms with Gasteiger partial charge in [0.15, 0.2) is 0 Å². The molecule has 0 aliphatic heterocycles. The Morgan fingerprint density at radius 1 is 1.21 bits per heavy atom. The zero-order valence-corrected chi connectivity index (χ0v) is 13.6. The Morgan fingerprint density at radius 3 is 2.32 bits per heavy atom. The van der Waals surface area contributed by atoms with E-state index in [0.29, 0.717) is 23.7 Å². The van der Waals surface area contributed by atoms with Crippen molar-refractivity contribution in [1.29, 1.82) is 0 Å². The SMILES string of the molecule is Cc1ccc(S(=O)(=O)N(CCCCl)C(C)C)cc1C. The van der Waals surface area contributed by atoms with Crippen LogP contribution in [0.1, 0.15) is 31.4 Å². The van der Waals surface area contributed by atoms with Crippen molar-refractivity contribution in [2.45, 2.75) is 45.1 Å². The molecular weight excluding hydrogens is 282 g/mol. The molecule has 1 aromatic carbocycles. The molecule has 0 unspecified atom stereocenters. The molecular formula is C14H22ClNO2S. The fraction of sp³-hybridized carbons (Fsp3) is 0.571. The third-order valence-electron chi connectivity index (χ3n) is 3.17. The number of nitrogens with zero attached hydrogens (tertiary/aromatic N) is 1. The van der Waals surface area contributed by atoms with E-state index in [2.05, 4.69) is 0 Å². The second-order valence-electron chi connectivity index (χ2n) is 5.00. The summed E-state index contributed by atoms with van der Waals surface area (Å²) in [4.78, 5) is 0.360. The minimum atomic E-state index is -3.44. The van der Waals surface area contributed by atoms with E-state index in [1.54, 1.807) is 12.1 Å². The fourth-order valence-corrected chi connectivity index (χ4v) is 3.76. The molecule has 1 rings (SSSR count). The van der Waals surface area contributed by atoms with E-state index in [1.807, 2.05) is 33.8 Å². The monoisotopic (exact) mass is 303 g/mol. The van der Waals surface area contributed by atoms with Crippen LogP contribution in [0.3, 0.4) is 0 Å². The van der Waals surface area contributed by atoms with Crippen molar-refractivity contribution in [3.05, 3.63) is 29.3 Å². The van der Waals surface area contributed by atoms with Crippen LogP contribution in [0.2, 0.25) is 0 Å². The molecule has 3 nitrogen and oxygen atoms in total. The first-order chi connectivity index (χ1) is 8.80. The quantitative estimate of drug-likeness (QED) is 0.756. The van der Waals surface area contributed by atoms with Crippen molar-refractivity contribution in [1.82, 2.24) is 4.31 Å². The molecule has 0 radical (unpaired) electrons. The highest BCUT2D eigenvalue weighted by atomic mass is 35.5. The van der Waals surface area contributed by atoms with Crippen LogP contribution in [0.15, 0.2) is 23.1 Å². The van der Waals surface area contributed by atoms with Crippen molar-refractivity contribution in [2.75, 3.05) is 12.4 Å². The molecule has 0 aliphatic rings. The number of hydrogen-bond donors (Lipinski definition) is 0. The minimum absolute atomic E-state index is 0.0742. The van der Waals surface area contributed by atoms with Gasteiger partial charge >= 0.3 is 0 Å². The third-order valence-corrected chi connectivity index (χ3v) is 5.51. The van der Waals surface area contributed by atoms with E-state index in [9.17, 15) is 8.42 Å². The largest absolute Gasteiger partial charge is 0.243 e. The third kappa shape index (κ3) is 3.94. The normalized spacial score (nSPS) is 12.4. The first-order valence-corrected chi connectivity index (χ1v) is 8.43. The summed E-state index contributed by atoms with van der Waals surface area (Å²) in [5.74, 6) is 0.464. The van der Waals surface area contributed by atoms with Gasteiger partial charge in [-0.2, -0.15) is 4.31 Å². The lowest BCUT2D eigenvalue weighted by atomic mass is 10.1. The van der Waals surface area contributed by atoms with Crippen LogP contribution in [-0.4, -0.2) is 31.2 Å². The summed E-state index contributed by atoms with van der Waals surface area (Å²) in [6, 6.07) is 5.19. The van der Waals surface area contributed by atoms with E-state index in [-0.39, 0.29) is 6.04 Å². The fourth-order valence-electron chi connectivity index (χ4n) is 1.88. The average molecular weight is 304 g/mol. The highest BCUT2D eigenvalue weighted by Gasteiger charge is 2.26. The van der Waals surface area contributed by atoms with Crippen molar-refractivity contribution >= 4 is 21.6 Å². The number of halogens is 1. The highest BCUT2D eigenvalue weighted by molar-refractivity contribution is 7.89. The summed E-state index contributed by atoms with van der Waals surface area (Å²) in [7, 11) is -3.44. The topological polar surface area (TPSA) is 37.4 Å². The maximum Gasteiger partial charge on any atom is 0.243 e. The Morgan fingerprint density at radius 2 is 1.84 bits per heavy atom. The lowest BCUT2D eigenvalue weighted by Gasteiger charge is -2.26. The van der Waals surface area contributed by atoms with Gasteiger partial charge in [0.05, 0.1) is 4.90 Å². The van der Waals surface area contributed by atoms with Crippen LogP contribution in [-0.2, 0) is 10.0 Å². The number of hydrogen-bond acceptors (Lipinski definition) is 2. The number of aryl methyl sites for hydroxylation is 2. The van der Waals surface area contributed by atoms with Gasteiger partial charge in [0.25, 0.3) is 0 Å². The van der Waals surface area contributed by atoms with E-state index < -0.39 is 10.0 Å². The Bertz CT molecular complexity index is 526. The summed E-state index contributed by atoms with van der Waals surface area (Å²) < 4.78 is 26.8. The molecule has 0 fully saturated rings. The summed E-state index contributed by atoms with van der Waals surface area (Å²) in [6.07, 6.45) is 0.657. The van der Waals surface area contributed by atoms with Gasteiger partial charge in [0.1, 0.15) is 0 Å². The van der Waals surface area contributed by atoms with Gasteiger partial charge in [0, 0.05) is 18.5 Å². The number of benzene rings is 1. The Balaban J connectivity index is 3.15. The lowest BCUT2D eigenvalue weighted by molar-refractivity contribution is 0.354. The van der Waals surface area contributed by atoms with Crippen molar-refractivity contribution in [3.8, 4) is 0 Å². The molecule has 0 heterocycles. The van der Waals surface area contributed by atoms with Gasteiger partial charge in [-0.15, -0.1) is 11.6 Å². The molecule has 0 atom stereocenters. The van der Waals surface area contributed by atoms with Gasteiger partial charge in [-0.05, 0) is 57.4 Å². The van der Waals surface area contributed by atoms with Crippen molar-refractivity contribution in [3.63, 3.8) is 0 Å². The molecule has 0 saturated carbocycles. The molecule has 5 heteroatoms. The molecule has 0 N–H and O–H groups in total. The maximum atomic E-state index is 12.6. The molecule has 108 valence electrons. The summed E-state index contributed by atoms with van der Waals surface area (Å²) >= 11 is 5.67. The van der Waals surface area contributed by atoms with Gasteiger partial charge in [0.2, 0.25) is 10.0 Å². The van der Waals surface area contributed by atoms with E-state index in [1.165, 1.54) is 4.31 Å². The van der Waals surface area contributed by atoms with Crippen LogP contribution in [0.4, 0.5) is 0 Å². The molecule has 0 amide bonds. The minimum Gasteiger partial charge on any atom is -0.207 e. The van der Waals surface area contributed by atoms with E-state index >= 15 is 0 Å².